The van der Waals surface area contributed by atoms with Crippen LogP contribution in [0.15, 0.2) is 18.3 Å². The summed E-state index contributed by atoms with van der Waals surface area (Å²) < 4.78 is 0. The first-order valence-corrected chi connectivity index (χ1v) is 5.32. The van der Waals surface area contributed by atoms with E-state index < -0.39 is 0 Å². The van der Waals surface area contributed by atoms with Gasteiger partial charge in [0.05, 0.1) is 5.38 Å². The van der Waals surface area contributed by atoms with Gasteiger partial charge in [0, 0.05) is 12.2 Å². The number of hydrogen-bond donors (Lipinski definition) is 1. The van der Waals surface area contributed by atoms with Crippen LogP contribution in [0.5, 0.6) is 0 Å². The van der Waals surface area contributed by atoms with Gasteiger partial charge in [-0.3, -0.25) is 9.78 Å². The van der Waals surface area contributed by atoms with Gasteiger partial charge >= 0.3 is 0 Å². The number of aryl methyl sites for hydroxylation is 1. The van der Waals surface area contributed by atoms with Crippen molar-refractivity contribution >= 4 is 17.5 Å². The third kappa shape index (κ3) is 3.20. The van der Waals surface area contributed by atoms with Crippen LogP contribution < -0.4 is 5.32 Å². The van der Waals surface area contributed by atoms with Crippen LogP contribution in [-0.4, -0.2) is 22.3 Å². The minimum Gasteiger partial charge on any atom is -0.347 e. The van der Waals surface area contributed by atoms with E-state index in [1.807, 2.05) is 26.8 Å². The van der Waals surface area contributed by atoms with Gasteiger partial charge in [-0.05, 0) is 32.4 Å². The number of aromatic nitrogens is 1. The molecule has 1 aromatic rings. The van der Waals surface area contributed by atoms with Crippen molar-refractivity contribution in [3.8, 4) is 0 Å². The molecule has 82 valence electrons. The van der Waals surface area contributed by atoms with Gasteiger partial charge in [0.25, 0.3) is 5.91 Å². The summed E-state index contributed by atoms with van der Waals surface area (Å²) in [5, 5.41) is 2.70. The maximum Gasteiger partial charge on any atom is 0.270 e. The second-order valence-corrected chi connectivity index (χ2v) is 4.30. The lowest BCUT2D eigenvalue weighted by Gasteiger charge is -2.16. The highest BCUT2D eigenvalue weighted by molar-refractivity contribution is 6.21. The first-order valence-electron chi connectivity index (χ1n) is 4.89. The molecule has 1 rings (SSSR count). The van der Waals surface area contributed by atoms with Gasteiger partial charge in [-0.1, -0.05) is 6.07 Å². The molecule has 15 heavy (non-hydrogen) atoms. The SMILES string of the molecule is Cc1cccnc1C(=O)NC(C)C(C)Cl. The average Bonchev–Trinajstić information content (AvgIpc) is 2.18. The number of carbonyl (C=O) groups excluding carboxylic acids is 1. The van der Waals surface area contributed by atoms with E-state index in [0.29, 0.717) is 5.69 Å². The first-order chi connectivity index (χ1) is 7.02. The van der Waals surface area contributed by atoms with Gasteiger partial charge in [-0.2, -0.15) is 0 Å². The van der Waals surface area contributed by atoms with Gasteiger partial charge in [0.1, 0.15) is 5.69 Å². The summed E-state index contributed by atoms with van der Waals surface area (Å²) in [7, 11) is 0. The number of halogens is 1. The summed E-state index contributed by atoms with van der Waals surface area (Å²) >= 11 is 5.86. The molecule has 1 heterocycles. The number of nitrogens with zero attached hydrogens (tertiary/aromatic N) is 1. The third-order valence-electron chi connectivity index (χ3n) is 2.27. The Bertz CT molecular complexity index is 352. The van der Waals surface area contributed by atoms with Crippen LogP contribution in [0.2, 0.25) is 0 Å². The van der Waals surface area contributed by atoms with E-state index in [1.165, 1.54) is 0 Å². The summed E-state index contributed by atoms with van der Waals surface area (Å²) in [6.45, 7) is 5.57. The van der Waals surface area contributed by atoms with Crippen LogP contribution in [0, 0.1) is 6.92 Å². The Morgan fingerprint density at radius 3 is 2.73 bits per heavy atom. The predicted molar refractivity (Wildman–Crippen MR) is 61.2 cm³/mol. The van der Waals surface area contributed by atoms with Gasteiger partial charge < -0.3 is 5.32 Å². The molecular weight excluding hydrogens is 212 g/mol. The van der Waals surface area contributed by atoms with Crippen molar-refractivity contribution in [3.05, 3.63) is 29.6 Å². The molecule has 0 aromatic carbocycles. The zero-order valence-electron chi connectivity index (χ0n) is 9.12. The number of rotatable bonds is 3. The fraction of sp³-hybridized carbons (Fsp3) is 0.455. The van der Waals surface area contributed by atoms with Gasteiger partial charge in [0.15, 0.2) is 0 Å². The lowest BCUT2D eigenvalue weighted by Crippen LogP contribution is -2.38. The molecule has 3 nitrogen and oxygen atoms in total. The fourth-order valence-corrected chi connectivity index (χ4v) is 1.18. The van der Waals surface area contributed by atoms with E-state index in [4.69, 9.17) is 11.6 Å². The molecular formula is C11H15ClN2O. The minimum absolute atomic E-state index is 0.0689. The third-order valence-corrected chi connectivity index (χ3v) is 2.65. The minimum atomic E-state index is -0.173. The maximum absolute atomic E-state index is 11.7. The van der Waals surface area contributed by atoms with Crippen molar-refractivity contribution in [3.63, 3.8) is 0 Å². The highest BCUT2D eigenvalue weighted by Gasteiger charge is 2.15. The monoisotopic (exact) mass is 226 g/mol. The standard InChI is InChI=1S/C11H15ClN2O/c1-7-5-4-6-13-10(7)11(15)14-9(3)8(2)12/h4-6,8-9H,1-3H3,(H,14,15). The summed E-state index contributed by atoms with van der Waals surface area (Å²) in [5.74, 6) is -0.173. The molecule has 0 bridgehead atoms. The molecule has 1 aromatic heterocycles. The van der Waals surface area contributed by atoms with Gasteiger partial charge in [-0.25, -0.2) is 0 Å². The largest absolute Gasteiger partial charge is 0.347 e. The van der Waals surface area contributed by atoms with Gasteiger partial charge in [-0.15, -0.1) is 11.6 Å². The van der Waals surface area contributed by atoms with Crippen molar-refractivity contribution in [2.45, 2.75) is 32.2 Å². The zero-order chi connectivity index (χ0) is 11.4. The van der Waals surface area contributed by atoms with Crippen molar-refractivity contribution in [2.24, 2.45) is 0 Å². The Morgan fingerprint density at radius 1 is 1.53 bits per heavy atom. The zero-order valence-corrected chi connectivity index (χ0v) is 9.88. The summed E-state index contributed by atoms with van der Waals surface area (Å²) in [4.78, 5) is 15.8. The Kier molecular flexibility index (Phi) is 4.09. The molecule has 1 N–H and O–H groups in total. The highest BCUT2D eigenvalue weighted by Crippen LogP contribution is 2.05. The predicted octanol–water partition coefficient (Wildman–Crippen LogP) is 2.14. The van der Waals surface area contributed by atoms with E-state index >= 15 is 0 Å². The van der Waals surface area contributed by atoms with E-state index in [1.54, 1.807) is 12.3 Å². The number of pyridine rings is 1. The number of carbonyl (C=O) groups is 1. The van der Waals surface area contributed by atoms with Gasteiger partial charge in [0.2, 0.25) is 0 Å². The summed E-state index contributed by atoms with van der Waals surface area (Å²) in [5.41, 5.74) is 1.33. The number of amides is 1. The van der Waals surface area contributed by atoms with E-state index in [2.05, 4.69) is 10.3 Å². The molecule has 0 aliphatic rings. The van der Waals surface area contributed by atoms with E-state index in [9.17, 15) is 4.79 Å². The topological polar surface area (TPSA) is 42.0 Å². The van der Waals surface area contributed by atoms with Crippen molar-refractivity contribution in [2.75, 3.05) is 0 Å². The molecule has 0 fully saturated rings. The smallest absolute Gasteiger partial charge is 0.270 e. The Hall–Kier alpha value is -1.09. The molecule has 0 radical (unpaired) electrons. The molecule has 4 heteroatoms. The summed E-state index contributed by atoms with van der Waals surface area (Å²) in [6.07, 6.45) is 1.61. The van der Waals surface area contributed by atoms with Crippen LogP contribution in [0.25, 0.3) is 0 Å². The van der Waals surface area contributed by atoms with Crippen molar-refractivity contribution < 1.29 is 4.79 Å². The van der Waals surface area contributed by atoms with Crippen LogP contribution >= 0.6 is 11.6 Å². The Morgan fingerprint density at radius 2 is 2.20 bits per heavy atom. The average molecular weight is 227 g/mol. The van der Waals surface area contributed by atoms with E-state index in [-0.39, 0.29) is 17.3 Å². The normalized spacial score (nSPS) is 14.4. The van der Waals surface area contributed by atoms with Crippen molar-refractivity contribution in [1.82, 2.24) is 10.3 Å². The molecule has 2 atom stereocenters. The van der Waals surface area contributed by atoms with Crippen LogP contribution in [0.1, 0.15) is 29.9 Å². The lowest BCUT2D eigenvalue weighted by atomic mass is 10.2. The molecule has 0 saturated heterocycles. The molecule has 1 amide bonds. The molecule has 0 aliphatic heterocycles. The second kappa shape index (κ2) is 5.12. The maximum atomic E-state index is 11.7. The summed E-state index contributed by atoms with van der Waals surface area (Å²) in [6, 6.07) is 3.59. The van der Waals surface area contributed by atoms with Crippen molar-refractivity contribution in [1.29, 1.82) is 0 Å². The van der Waals surface area contributed by atoms with Crippen LogP contribution in [0.3, 0.4) is 0 Å². The lowest BCUT2D eigenvalue weighted by molar-refractivity contribution is 0.0934. The quantitative estimate of drug-likeness (QED) is 0.803. The van der Waals surface area contributed by atoms with Crippen LogP contribution in [0.4, 0.5) is 0 Å². The van der Waals surface area contributed by atoms with E-state index in [0.717, 1.165) is 5.56 Å². The number of alkyl halides is 1. The highest BCUT2D eigenvalue weighted by atomic mass is 35.5. The molecule has 0 saturated carbocycles. The number of hydrogen-bond acceptors (Lipinski definition) is 2. The Balaban J connectivity index is 2.74. The Labute approximate surface area is 94.9 Å². The molecule has 0 aliphatic carbocycles. The second-order valence-electron chi connectivity index (χ2n) is 3.61. The molecule has 2 unspecified atom stereocenters. The first kappa shape index (κ1) is 12.0. The fourth-order valence-electron chi connectivity index (χ4n) is 1.11. The molecule has 0 spiro atoms. The van der Waals surface area contributed by atoms with Crippen LogP contribution in [-0.2, 0) is 0 Å². The number of nitrogens with one attached hydrogen (secondary N) is 1.